The zero-order chi connectivity index (χ0) is 18.6. The van der Waals surface area contributed by atoms with E-state index < -0.39 is 0 Å². The van der Waals surface area contributed by atoms with Crippen LogP contribution in [0.25, 0.3) is 22.8 Å². The van der Waals surface area contributed by atoms with Crippen molar-refractivity contribution in [2.24, 2.45) is 0 Å². The number of anilines is 1. The number of pyridine rings is 1. The summed E-state index contributed by atoms with van der Waals surface area (Å²) in [7, 11) is 0. The number of hydrogen-bond donors (Lipinski definition) is 1. The average Bonchev–Trinajstić information content (AvgIpc) is 3.19. The maximum Gasteiger partial charge on any atom is 0.259 e. The van der Waals surface area contributed by atoms with Crippen molar-refractivity contribution in [1.29, 1.82) is 0 Å². The minimum Gasteiger partial charge on any atom is -0.334 e. The number of carbonyl (C=O) groups is 1. The van der Waals surface area contributed by atoms with Crippen LogP contribution in [0.3, 0.4) is 0 Å². The Morgan fingerprint density at radius 3 is 2.52 bits per heavy atom. The standard InChI is InChI=1S/C21H16N4O2/c1-14-7-2-3-9-16(14)19-24-21(27-25-19)18-11-5-4-10-17(18)20(26)23-15-8-6-12-22-13-15/h2-13H,1H3,(H,23,26). The lowest BCUT2D eigenvalue weighted by atomic mass is 10.1. The number of nitrogens with one attached hydrogen (secondary N) is 1. The first kappa shape index (κ1) is 16.7. The number of benzene rings is 2. The van der Waals surface area contributed by atoms with E-state index in [0.717, 1.165) is 11.1 Å². The Hall–Kier alpha value is -3.80. The largest absolute Gasteiger partial charge is 0.334 e. The molecule has 2 aromatic carbocycles. The summed E-state index contributed by atoms with van der Waals surface area (Å²) in [6.45, 7) is 1.99. The van der Waals surface area contributed by atoms with Gasteiger partial charge in [-0.05, 0) is 36.8 Å². The Morgan fingerprint density at radius 2 is 1.74 bits per heavy atom. The number of nitrogens with zero attached hydrogens (tertiary/aromatic N) is 3. The van der Waals surface area contributed by atoms with Gasteiger partial charge >= 0.3 is 0 Å². The molecule has 1 N–H and O–H groups in total. The number of rotatable bonds is 4. The quantitative estimate of drug-likeness (QED) is 0.587. The maximum absolute atomic E-state index is 12.7. The summed E-state index contributed by atoms with van der Waals surface area (Å²) < 4.78 is 5.45. The lowest BCUT2D eigenvalue weighted by molar-refractivity contribution is 0.102. The van der Waals surface area contributed by atoms with Gasteiger partial charge in [-0.2, -0.15) is 4.98 Å². The van der Waals surface area contributed by atoms with Crippen molar-refractivity contribution in [2.75, 3.05) is 5.32 Å². The van der Waals surface area contributed by atoms with E-state index in [4.69, 9.17) is 4.52 Å². The number of amides is 1. The van der Waals surface area contributed by atoms with Crippen LogP contribution < -0.4 is 5.32 Å². The van der Waals surface area contributed by atoms with Crippen LogP contribution in [0.15, 0.2) is 77.6 Å². The molecule has 0 radical (unpaired) electrons. The fourth-order valence-electron chi connectivity index (χ4n) is 2.77. The number of aromatic nitrogens is 3. The molecule has 132 valence electrons. The van der Waals surface area contributed by atoms with E-state index in [-0.39, 0.29) is 5.91 Å². The van der Waals surface area contributed by atoms with Gasteiger partial charge < -0.3 is 9.84 Å². The first-order chi connectivity index (χ1) is 13.2. The Balaban J connectivity index is 1.68. The van der Waals surface area contributed by atoms with Gasteiger partial charge in [-0.15, -0.1) is 0 Å². The van der Waals surface area contributed by atoms with E-state index in [2.05, 4.69) is 20.4 Å². The van der Waals surface area contributed by atoms with Gasteiger partial charge in [-0.1, -0.05) is 41.6 Å². The van der Waals surface area contributed by atoms with Crippen LogP contribution >= 0.6 is 0 Å². The molecule has 0 unspecified atom stereocenters. The number of hydrogen-bond acceptors (Lipinski definition) is 5. The maximum atomic E-state index is 12.7. The first-order valence-corrected chi connectivity index (χ1v) is 8.43. The lowest BCUT2D eigenvalue weighted by Gasteiger charge is -2.07. The molecule has 0 aliphatic rings. The van der Waals surface area contributed by atoms with Gasteiger partial charge in [0.1, 0.15) is 0 Å². The highest BCUT2D eigenvalue weighted by Crippen LogP contribution is 2.27. The molecule has 0 atom stereocenters. The van der Waals surface area contributed by atoms with Gasteiger partial charge in [0.05, 0.1) is 23.0 Å². The SMILES string of the molecule is Cc1ccccc1-c1noc(-c2ccccc2C(=O)Nc2cccnc2)n1. The summed E-state index contributed by atoms with van der Waals surface area (Å²) in [5, 5.41) is 6.90. The summed E-state index contributed by atoms with van der Waals surface area (Å²) in [4.78, 5) is 21.2. The summed E-state index contributed by atoms with van der Waals surface area (Å²) in [5.41, 5.74) is 3.58. The van der Waals surface area contributed by atoms with Crippen LogP contribution in [0.1, 0.15) is 15.9 Å². The minimum atomic E-state index is -0.269. The van der Waals surface area contributed by atoms with E-state index >= 15 is 0 Å². The van der Waals surface area contributed by atoms with E-state index in [9.17, 15) is 4.79 Å². The molecule has 0 spiro atoms. The van der Waals surface area contributed by atoms with Crippen molar-refractivity contribution in [3.05, 3.63) is 84.2 Å². The smallest absolute Gasteiger partial charge is 0.259 e. The van der Waals surface area contributed by atoms with Gasteiger partial charge in [0.15, 0.2) is 0 Å². The zero-order valence-corrected chi connectivity index (χ0v) is 14.6. The zero-order valence-electron chi connectivity index (χ0n) is 14.6. The van der Waals surface area contributed by atoms with Gasteiger partial charge in [0, 0.05) is 11.8 Å². The second kappa shape index (κ2) is 7.21. The van der Waals surface area contributed by atoms with E-state index in [1.165, 1.54) is 0 Å². The third kappa shape index (κ3) is 3.46. The Labute approximate surface area is 155 Å². The Morgan fingerprint density at radius 1 is 0.963 bits per heavy atom. The lowest BCUT2D eigenvalue weighted by Crippen LogP contribution is -2.13. The van der Waals surface area contributed by atoms with Gasteiger partial charge in [0.2, 0.25) is 5.82 Å². The molecule has 4 aromatic rings. The Kier molecular flexibility index (Phi) is 4.45. The normalized spacial score (nSPS) is 10.6. The molecule has 2 aromatic heterocycles. The molecule has 0 aliphatic heterocycles. The van der Waals surface area contributed by atoms with Crippen molar-refractivity contribution in [3.8, 4) is 22.8 Å². The second-order valence-corrected chi connectivity index (χ2v) is 5.98. The molecular formula is C21H16N4O2. The topological polar surface area (TPSA) is 80.9 Å². The van der Waals surface area contributed by atoms with Crippen molar-refractivity contribution in [3.63, 3.8) is 0 Å². The summed E-state index contributed by atoms with van der Waals surface area (Å²) >= 11 is 0. The predicted octanol–water partition coefficient (Wildman–Crippen LogP) is 4.36. The molecule has 6 heteroatoms. The molecule has 1 amide bonds. The van der Waals surface area contributed by atoms with Crippen molar-refractivity contribution < 1.29 is 9.32 Å². The van der Waals surface area contributed by atoms with Gasteiger partial charge in [0.25, 0.3) is 11.8 Å². The Bertz CT molecular complexity index is 1090. The molecule has 0 aliphatic carbocycles. The van der Waals surface area contributed by atoms with Gasteiger partial charge in [-0.3, -0.25) is 9.78 Å². The molecule has 0 fully saturated rings. The van der Waals surface area contributed by atoms with Crippen molar-refractivity contribution >= 4 is 11.6 Å². The fraction of sp³-hybridized carbons (Fsp3) is 0.0476. The molecule has 0 saturated heterocycles. The molecule has 6 nitrogen and oxygen atoms in total. The van der Waals surface area contributed by atoms with Crippen LogP contribution in [-0.4, -0.2) is 21.0 Å². The molecule has 0 saturated carbocycles. The minimum absolute atomic E-state index is 0.269. The van der Waals surface area contributed by atoms with Crippen LogP contribution in [0.2, 0.25) is 0 Å². The monoisotopic (exact) mass is 356 g/mol. The summed E-state index contributed by atoms with van der Waals surface area (Å²) in [6, 6.07) is 18.5. The molecule has 27 heavy (non-hydrogen) atoms. The summed E-state index contributed by atoms with van der Waals surface area (Å²) in [6.07, 6.45) is 3.23. The van der Waals surface area contributed by atoms with E-state index in [0.29, 0.717) is 28.5 Å². The van der Waals surface area contributed by atoms with E-state index in [1.807, 2.05) is 37.3 Å². The fourth-order valence-corrected chi connectivity index (χ4v) is 2.77. The molecule has 4 rings (SSSR count). The number of aryl methyl sites for hydroxylation is 1. The molecule has 0 bridgehead atoms. The summed E-state index contributed by atoms with van der Waals surface area (Å²) in [5.74, 6) is 0.519. The predicted molar refractivity (Wildman–Crippen MR) is 102 cm³/mol. The van der Waals surface area contributed by atoms with Crippen LogP contribution in [0, 0.1) is 6.92 Å². The van der Waals surface area contributed by atoms with Crippen LogP contribution in [0.5, 0.6) is 0 Å². The molecular weight excluding hydrogens is 340 g/mol. The average molecular weight is 356 g/mol. The van der Waals surface area contributed by atoms with Crippen LogP contribution in [0.4, 0.5) is 5.69 Å². The van der Waals surface area contributed by atoms with Gasteiger partial charge in [-0.25, -0.2) is 0 Å². The number of carbonyl (C=O) groups excluding carboxylic acids is 1. The first-order valence-electron chi connectivity index (χ1n) is 8.43. The third-order valence-corrected chi connectivity index (χ3v) is 4.13. The third-order valence-electron chi connectivity index (χ3n) is 4.13. The van der Waals surface area contributed by atoms with E-state index in [1.54, 1.807) is 42.7 Å². The highest BCUT2D eigenvalue weighted by Gasteiger charge is 2.18. The highest BCUT2D eigenvalue weighted by atomic mass is 16.5. The molecule has 2 heterocycles. The van der Waals surface area contributed by atoms with Crippen molar-refractivity contribution in [1.82, 2.24) is 15.1 Å². The second-order valence-electron chi connectivity index (χ2n) is 5.98. The van der Waals surface area contributed by atoms with Crippen molar-refractivity contribution in [2.45, 2.75) is 6.92 Å². The van der Waals surface area contributed by atoms with Crippen LogP contribution in [-0.2, 0) is 0 Å². The highest BCUT2D eigenvalue weighted by molar-refractivity contribution is 6.08.